The Hall–Kier alpha value is -2.25. The third-order valence-electron chi connectivity index (χ3n) is 13.4. The second kappa shape index (κ2) is 20.6. The monoisotopic (exact) mass is 791 g/mol. The molecule has 0 aliphatic carbocycles. The fourth-order valence-electron chi connectivity index (χ4n) is 9.01. The molecule has 56 heavy (non-hydrogen) atoms. The van der Waals surface area contributed by atoms with Crippen molar-refractivity contribution in [3.8, 4) is 0 Å². The van der Waals surface area contributed by atoms with E-state index >= 15 is 0 Å². The Morgan fingerprint density at radius 2 is 1.48 bits per heavy atom. The van der Waals surface area contributed by atoms with E-state index in [1.165, 1.54) is 39.8 Å². The van der Waals surface area contributed by atoms with E-state index in [-0.39, 0.29) is 35.9 Å². The predicted molar refractivity (Wildman–Crippen MR) is 215 cm³/mol. The van der Waals surface area contributed by atoms with Crippen molar-refractivity contribution in [2.45, 2.75) is 175 Å². The summed E-state index contributed by atoms with van der Waals surface area (Å²) in [4.78, 5) is 40.5. The number of ether oxygens (including phenoxy) is 3. The molecule has 0 aromatic rings. The molecule has 5 N–H and O–H groups in total. The summed E-state index contributed by atoms with van der Waals surface area (Å²) in [6, 6.07) is 0. The van der Waals surface area contributed by atoms with Crippen LogP contribution in [-0.4, -0.2) is 97.2 Å². The summed E-state index contributed by atoms with van der Waals surface area (Å²) in [5, 5.41) is 55.0. The van der Waals surface area contributed by atoms with Crippen LogP contribution in [-0.2, 0) is 28.6 Å². The van der Waals surface area contributed by atoms with Gasteiger partial charge in [-0.1, -0.05) is 92.7 Å². The van der Waals surface area contributed by atoms with Crippen LogP contribution in [0.5, 0.6) is 0 Å². The van der Waals surface area contributed by atoms with Crippen LogP contribution in [0.4, 0.5) is 0 Å². The molecule has 0 saturated carbocycles. The topological polar surface area (TPSA) is 180 Å². The van der Waals surface area contributed by atoms with E-state index in [0.29, 0.717) is 25.7 Å². The number of rotatable bonds is 3. The largest absolute Gasteiger partial charge is 0.458 e. The Morgan fingerprint density at radius 3 is 2.11 bits per heavy atom. The summed E-state index contributed by atoms with van der Waals surface area (Å²) in [6.45, 7) is 19.1. The van der Waals surface area contributed by atoms with Gasteiger partial charge in [-0.15, -0.1) is 0 Å². The van der Waals surface area contributed by atoms with Gasteiger partial charge in [0, 0.05) is 48.0 Å². The highest BCUT2D eigenvalue weighted by molar-refractivity contribution is 5.91. The number of hydrogen-bond donors (Lipinski definition) is 5. The molecule has 3 aliphatic rings. The van der Waals surface area contributed by atoms with Crippen LogP contribution >= 0.6 is 0 Å². The number of aliphatic hydroxyl groups is 5. The van der Waals surface area contributed by atoms with Crippen molar-refractivity contribution < 1.29 is 54.1 Å². The number of Topliss-reactive ketones (excluding diaryl/α,β-unsaturated/α-hetero) is 2. The minimum Gasteiger partial charge on any atom is -0.458 e. The quantitative estimate of drug-likeness (QED) is 0.216. The van der Waals surface area contributed by atoms with Crippen molar-refractivity contribution in [1.82, 2.24) is 0 Å². The number of carbonyl (C=O) groups is 3. The summed E-state index contributed by atoms with van der Waals surface area (Å²) in [5.74, 6) is -7.28. The van der Waals surface area contributed by atoms with E-state index in [0.717, 1.165) is 19.3 Å². The molecule has 320 valence electrons. The molecular formula is C45H74O11. The molecule has 18 atom stereocenters. The van der Waals surface area contributed by atoms with E-state index < -0.39 is 89.0 Å². The van der Waals surface area contributed by atoms with Gasteiger partial charge in [0.15, 0.2) is 11.6 Å². The highest BCUT2D eigenvalue weighted by Crippen LogP contribution is 2.49. The zero-order valence-electron chi connectivity index (χ0n) is 35.8. The molecule has 1 spiro atoms. The first-order valence-electron chi connectivity index (χ1n) is 21.2. The average Bonchev–Trinajstić information content (AvgIpc) is 3.16. The Kier molecular flexibility index (Phi) is 17.7. The summed E-state index contributed by atoms with van der Waals surface area (Å²) in [6.07, 6.45) is 9.62. The summed E-state index contributed by atoms with van der Waals surface area (Å²) >= 11 is 0. The molecule has 2 bridgehead atoms. The molecule has 0 radical (unpaired) electrons. The third-order valence-corrected chi connectivity index (χ3v) is 13.4. The number of esters is 1. The number of ketones is 2. The fraction of sp³-hybridized carbons (Fsp3) is 0.800. The summed E-state index contributed by atoms with van der Waals surface area (Å²) < 4.78 is 20.0. The Balaban J connectivity index is 1.99. The maximum atomic E-state index is 13.5. The Bertz CT molecular complexity index is 1390. The molecule has 11 nitrogen and oxygen atoms in total. The molecule has 2 fully saturated rings. The summed E-state index contributed by atoms with van der Waals surface area (Å²) in [7, 11) is 0. The maximum Gasteiger partial charge on any atom is 0.330 e. The van der Waals surface area contributed by atoms with E-state index in [4.69, 9.17) is 14.2 Å². The number of aliphatic hydroxyl groups excluding tert-OH is 4. The Labute approximate surface area is 336 Å². The zero-order valence-corrected chi connectivity index (χ0v) is 35.8. The second-order valence-electron chi connectivity index (χ2n) is 18.0. The van der Waals surface area contributed by atoms with Gasteiger partial charge in [-0.3, -0.25) is 9.59 Å². The van der Waals surface area contributed by atoms with Gasteiger partial charge in [-0.25, -0.2) is 4.79 Å². The number of fused-ring (bicyclic) bond motifs is 2. The van der Waals surface area contributed by atoms with Gasteiger partial charge in [0.2, 0.25) is 0 Å². The first-order chi connectivity index (χ1) is 26.1. The van der Waals surface area contributed by atoms with Gasteiger partial charge in [0.25, 0.3) is 0 Å². The average molecular weight is 791 g/mol. The van der Waals surface area contributed by atoms with Crippen molar-refractivity contribution in [3.63, 3.8) is 0 Å². The van der Waals surface area contributed by atoms with Gasteiger partial charge in [-0.05, 0) is 70.1 Å². The lowest BCUT2D eigenvalue weighted by Gasteiger charge is -2.55. The van der Waals surface area contributed by atoms with Crippen LogP contribution < -0.4 is 0 Å². The second-order valence-corrected chi connectivity index (χ2v) is 18.0. The van der Waals surface area contributed by atoms with Crippen molar-refractivity contribution >= 4 is 17.5 Å². The highest BCUT2D eigenvalue weighted by atomic mass is 16.7. The van der Waals surface area contributed by atoms with Crippen LogP contribution in [0.2, 0.25) is 0 Å². The molecule has 3 heterocycles. The zero-order chi connectivity index (χ0) is 42.3. The first kappa shape index (κ1) is 48.1. The van der Waals surface area contributed by atoms with E-state index in [1.54, 1.807) is 20.8 Å². The maximum absolute atomic E-state index is 13.5. The minimum atomic E-state index is -2.18. The normalized spacial score (nSPS) is 46.2. The highest BCUT2D eigenvalue weighted by Gasteiger charge is 2.56. The molecule has 0 unspecified atom stereocenters. The first-order valence-corrected chi connectivity index (χ1v) is 21.2. The van der Waals surface area contributed by atoms with Crippen LogP contribution in [0, 0.1) is 53.3 Å². The van der Waals surface area contributed by atoms with Gasteiger partial charge in [-0.2, -0.15) is 0 Å². The molecule has 11 heteroatoms. The van der Waals surface area contributed by atoms with E-state index in [2.05, 4.69) is 19.9 Å². The van der Waals surface area contributed by atoms with Crippen molar-refractivity contribution in [2.75, 3.05) is 0 Å². The standard InChI is InChI=1S/C45H74O11/c1-12-34-17-15-13-14-16-27(4)42(51)44(11,53)43(52)32(9)40(50)31(8)39(49)30(7)38(48)26(3)18-21-37(47)54-41-29(6)35(20-19-34)55-45(33(41)10)23-22-25(2)36(56-45)24-28(5)46/h13-15,17-18,21,25-36,38,40-42,46,48,50-51,53H,12,16,19-20,22-24H2,1-11H3/b14-13+,17-15?,21-18+/t25-,26-,27+,28+,29+,30-,31-,32-,33-,34-,35-,36-,38+,40+,41+,42-,44+,45-/m0/s1. The smallest absolute Gasteiger partial charge is 0.330 e. The lowest BCUT2D eigenvalue weighted by Crippen LogP contribution is -2.62. The predicted octanol–water partition coefficient (Wildman–Crippen LogP) is 5.88. The van der Waals surface area contributed by atoms with Crippen molar-refractivity contribution in [1.29, 1.82) is 0 Å². The molecule has 0 aromatic heterocycles. The number of hydrogen-bond acceptors (Lipinski definition) is 11. The van der Waals surface area contributed by atoms with Crippen molar-refractivity contribution in [3.05, 3.63) is 36.5 Å². The van der Waals surface area contributed by atoms with E-state index in [9.17, 15) is 39.9 Å². The molecule has 3 aliphatic heterocycles. The molecule has 3 rings (SSSR count). The Morgan fingerprint density at radius 1 is 0.839 bits per heavy atom. The molecule has 0 aromatic carbocycles. The lowest BCUT2D eigenvalue weighted by molar-refractivity contribution is -0.371. The molecular weight excluding hydrogens is 716 g/mol. The van der Waals surface area contributed by atoms with Gasteiger partial charge in [0.05, 0.1) is 36.6 Å². The van der Waals surface area contributed by atoms with Crippen LogP contribution in [0.15, 0.2) is 36.5 Å². The van der Waals surface area contributed by atoms with Crippen LogP contribution in [0.1, 0.15) is 121 Å². The minimum absolute atomic E-state index is 0.168. The van der Waals surface area contributed by atoms with Gasteiger partial charge < -0.3 is 39.7 Å². The van der Waals surface area contributed by atoms with Crippen LogP contribution in [0.3, 0.4) is 0 Å². The van der Waals surface area contributed by atoms with Crippen LogP contribution in [0.25, 0.3) is 0 Å². The number of allylic oxidation sites excluding steroid dienone is 4. The third kappa shape index (κ3) is 11.5. The van der Waals surface area contributed by atoms with Gasteiger partial charge in [0.1, 0.15) is 17.5 Å². The fourth-order valence-corrected chi connectivity index (χ4v) is 9.01. The number of carbonyl (C=O) groups excluding carboxylic acids is 3. The van der Waals surface area contributed by atoms with E-state index in [1.807, 2.05) is 32.1 Å². The van der Waals surface area contributed by atoms with Crippen molar-refractivity contribution in [2.24, 2.45) is 53.3 Å². The molecule has 2 saturated heterocycles. The summed E-state index contributed by atoms with van der Waals surface area (Å²) in [5.41, 5.74) is -2.18. The lowest BCUT2D eigenvalue weighted by atomic mass is 9.74. The van der Waals surface area contributed by atoms with Gasteiger partial charge >= 0.3 is 5.97 Å². The SMILES string of the molecule is CC[C@H]1C=C/C=C/C[C@@H](C)[C@H](O)[C@@](C)(O)C(=O)[C@@H](C)[C@H](O)[C@@H](C)C(=O)[C@@H](C)[C@H](O)[C@@H](C)/C=C/C(=O)O[C@@H]2[C@H](C)[C@H](CC1)O[C@]1(CC[C@H](C)[C@H](C[C@@H](C)O)O1)[C@H]2C. The molecule has 0 amide bonds.